The molecule has 0 aromatic heterocycles. The highest BCUT2D eigenvalue weighted by molar-refractivity contribution is 6.23. The molecule has 0 saturated carbocycles. The number of amides is 3. The van der Waals surface area contributed by atoms with Crippen LogP contribution >= 0.6 is 0 Å². The highest BCUT2D eigenvalue weighted by Crippen LogP contribution is 2.30. The molecule has 100 valence electrons. The zero-order valence-corrected chi connectivity index (χ0v) is 10.8. The van der Waals surface area contributed by atoms with Crippen LogP contribution in [0, 0.1) is 5.41 Å². The molecule has 6 nitrogen and oxygen atoms in total. The number of fused-ring (bicyclic) bond motifs is 1. The molecule has 0 spiro atoms. The van der Waals surface area contributed by atoms with Gasteiger partial charge in [-0.2, -0.15) is 0 Å². The van der Waals surface area contributed by atoms with Crippen LogP contribution in [0.25, 0.3) is 0 Å². The van der Waals surface area contributed by atoms with Crippen molar-refractivity contribution >= 4 is 23.4 Å². The number of nitrogens with two attached hydrogens (primary N) is 2. The van der Waals surface area contributed by atoms with Crippen LogP contribution in [0.15, 0.2) is 18.2 Å². The average molecular weight is 261 g/mol. The highest BCUT2D eigenvalue weighted by atomic mass is 16.2. The topological polar surface area (TPSA) is 106 Å². The van der Waals surface area contributed by atoms with E-state index in [1.54, 1.807) is 32.0 Å². The van der Waals surface area contributed by atoms with Gasteiger partial charge >= 0.3 is 0 Å². The average Bonchev–Trinajstić information content (AvgIpc) is 2.55. The van der Waals surface area contributed by atoms with E-state index in [4.69, 9.17) is 11.5 Å². The Morgan fingerprint density at radius 1 is 1.26 bits per heavy atom. The van der Waals surface area contributed by atoms with Crippen molar-refractivity contribution in [2.75, 3.05) is 12.3 Å². The summed E-state index contributed by atoms with van der Waals surface area (Å²) in [7, 11) is 0. The van der Waals surface area contributed by atoms with E-state index in [1.807, 2.05) is 0 Å². The van der Waals surface area contributed by atoms with Gasteiger partial charge in [-0.1, -0.05) is 6.07 Å². The van der Waals surface area contributed by atoms with Crippen LogP contribution in [0.2, 0.25) is 0 Å². The zero-order valence-electron chi connectivity index (χ0n) is 10.8. The maximum Gasteiger partial charge on any atom is 0.263 e. The van der Waals surface area contributed by atoms with E-state index >= 15 is 0 Å². The van der Waals surface area contributed by atoms with Crippen LogP contribution in [-0.2, 0) is 4.79 Å². The zero-order chi connectivity index (χ0) is 14.4. The molecular formula is C13H15N3O3. The fourth-order valence-corrected chi connectivity index (χ4v) is 1.98. The molecule has 0 radical (unpaired) electrons. The van der Waals surface area contributed by atoms with Crippen LogP contribution in [0.4, 0.5) is 5.69 Å². The first-order valence-corrected chi connectivity index (χ1v) is 5.80. The summed E-state index contributed by atoms with van der Waals surface area (Å²) >= 11 is 0. The molecule has 1 aromatic rings. The lowest BCUT2D eigenvalue weighted by Crippen LogP contribution is -2.44. The fraction of sp³-hybridized carbons (Fsp3) is 0.308. The molecule has 0 aliphatic carbocycles. The summed E-state index contributed by atoms with van der Waals surface area (Å²) < 4.78 is 0. The smallest absolute Gasteiger partial charge is 0.263 e. The third-order valence-electron chi connectivity index (χ3n) is 3.25. The van der Waals surface area contributed by atoms with Crippen molar-refractivity contribution in [2.24, 2.45) is 11.1 Å². The molecule has 1 aliphatic heterocycles. The monoisotopic (exact) mass is 261 g/mol. The lowest BCUT2D eigenvalue weighted by molar-refractivity contribution is -0.126. The molecule has 0 bridgehead atoms. The van der Waals surface area contributed by atoms with Gasteiger partial charge in [0.1, 0.15) is 0 Å². The van der Waals surface area contributed by atoms with Gasteiger partial charge < -0.3 is 11.5 Å². The molecule has 4 N–H and O–H groups in total. The Kier molecular flexibility index (Phi) is 2.81. The van der Waals surface area contributed by atoms with Crippen molar-refractivity contribution in [2.45, 2.75) is 13.8 Å². The maximum absolute atomic E-state index is 12.2. The standard InChI is InChI=1S/C13H15N3O3/c1-13(2,12(15)19)6-16-10(17)7-4-3-5-8(14)9(7)11(16)18/h3-5H,6,14H2,1-2H3,(H2,15,19). The van der Waals surface area contributed by atoms with E-state index in [2.05, 4.69) is 0 Å². The van der Waals surface area contributed by atoms with E-state index in [0.717, 1.165) is 4.90 Å². The van der Waals surface area contributed by atoms with Crippen LogP contribution in [-0.4, -0.2) is 29.2 Å². The summed E-state index contributed by atoms with van der Waals surface area (Å²) in [4.78, 5) is 36.7. The van der Waals surface area contributed by atoms with Crippen molar-refractivity contribution in [3.63, 3.8) is 0 Å². The van der Waals surface area contributed by atoms with Gasteiger partial charge in [0.2, 0.25) is 5.91 Å². The minimum Gasteiger partial charge on any atom is -0.398 e. The molecular weight excluding hydrogens is 246 g/mol. The second kappa shape index (κ2) is 4.08. The van der Waals surface area contributed by atoms with Crippen LogP contribution in [0.1, 0.15) is 34.6 Å². The molecule has 1 heterocycles. The molecule has 19 heavy (non-hydrogen) atoms. The van der Waals surface area contributed by atoms with Crippen molar-refractivity contribution < 1.29 is 14.4 Å². The molecule has 1 aliphatic rings. The van der Waals surface area contributed by atoms with Crippen molar-refractivity contribution in [3.8, 4) is 0 Å². The quantitative estimate of drug-likeness (QED) is 0.605. The maximum atomic E-state index is 12.2. The number of rotatable bonds is 3. The van der Waals surface area contributed by atoms with E-state index in [9.17, 15) is 14.4 Å². The molecule has 6 heteroatoms. The largest absolute Gasteiger partial charge is 0.398 e. The van der Waals surface area contributed by atoms with Gasteiger partial charge in [0, 0.05) is 12.2 Å². The number of nitrogens with zero attached hydrogens (tertiary/aromatic N) is 1. The second-order valence-electron chi connectivity index (χ2n) is 5.21. The number of carbonyl (C=O) groups is 3. The Bertz CT molecular complexity index is 593. The van der Waals surface area contributed by atoms with E-state index < -0.39 is 23.1 Å². The number of nitrogen functional groups attached to an aromatic ring is 1. The Morgan fingerprint density at radius 2 is 1.89 bits per heavy atom. The number of hydrogen-bond acceptors (Lipinski definition) is 4. The van der Waals surface area contributed by atoms with Gasteiger partial charge in [-0.25, -0.2) is 0 Å². The fourth-order valence-electron chi connectivity index (χ4n) is 1.98. The summed E-state index contributed by atoms with van der Waals surface area (Å²) in [6.45, 7) is 3.11. The number of hydrogen-bond donors (Lipinski definition) is 2. The molecule has 2 rings (SSSR count). The third kappa shape index (κ3) is 1.95. The predicted molar refractivity (Wildman–Crippen MR) is 69.2 cm³/mol. The van der Waals surface area contributed by atoms with Crippen molar-refractivity contribution in [1.29, 1.82) is 0 Å². The van der Waals surface area contributed by atoms with Gasteiger partial charge in [0.15, 0.2) is 0 Å². The van der Waals surface area contributed by atoms with E-state index in [0.29, 0.717) is 0 Å². The van der Waals surface area contributed by atoms with Crippen molar-refractivity contribution in [1.82, 2.24) is 4.90 Å². The van der Waals surface area contributed by atoms with Crippen LogP contribution < -0.4 is 11.5 Å². The van der Waals surface area contributed by atoms with Gasteiger partial charge in [-0.05, 0) is 26.0 Å². The van der Waals surface area contributed by atoms with E-state index in [1.165, 1.54) is 0 Å². The number of primary amides is 1. The number of carbonyl (C=O) groups excluding carboxylic acids is 3. The summed E-state index contributed by atoms with van der Waals surface area (Å²) in [6, 6.07) is 4.72. The third-order valence-corrected chi connectivity index (χ3v) is 3.25. The van der Waals surface area contributed by atoms with E-state index in [-0.39, 0.29) is 23.4 Å². The van der Waals surface area contributed by atoms with Gasteiger partial charge in [0.25, 0.3) is 11.8 Å². The Morgan fingerprint density at radius 3 is 2.42 bits per heavy atom. The second-order valence-corrected chi connectivity index (χ2v) is 5.21. The number of anilines is 1. The SMILES string of the molecule is CC(C)(CN1C(=O)c2cccc(N)c2C1=O)C(N)=O. The summed E-state index contributed by atoms with van der Waals surface area (Å²) in [5.41, 5.74) is 10.7. The lowest BCUT2D eigenvalue weighted by atomic mass is 9.92. The summed E-state index contributed by atoms with van der Waals surface area (Å²) in [5, 5.41) is 0. The molecule has 0 fully saturated rings. The number of benzene rings is 1. The first-order chi connectivity index (χ1) is 8.75. The highest BCUT2D eigenvalue weighted by Gasteiger charge is 2.41. The van der Waals surface area contributed by atoms with Gasteiger partial charge in [-0.3, -0.25) is 19.3 Å². The first kappa shape index (κ1) is 13.1. The minimum atomic E-state index is -0.984. The summed E-state index contributed by atoms with van der Waals surface area (Å²) in [5.74, 6) is -1.49. The predicted octanol–water partition coefficient (Wildman–Crippen LogP) is 0.376. The Balaban J connectivity index is 2.39. The lowest BCUT2D eigenvalue weighted by Gasteiger charge is -2.25. The normalized spacial score (nSPS) is 14.7. The number of imide groups is 1. The van der Waals surface area contributed by atoms with Crippen molar-refractivity contribution in [3.05, 3.63) is 29.3 Å². The molecule has 1 aromatic carbocycles. The molecule has 0 atom stereocenters. The Hall–Kier alpha value is -2.37. The first-order valence-electron chi connectivity index (χ1n) is 5.80. The van der Waals surface area contributed by atoms with Gasteiger partial charge in [0.05, 0.1) is 16.5 Å². The Labute approximate surface area is 110 Å². The van der Waals surface area contributed by atoms with Crippen LogP contribution in [0.5, 0.6) is 0 Å². The van der Waals surface area contributed by atoms with Crippen LogP contribution in [0.3, 0.4) is 0 Å². The minimum absolute atomic E-state index is 0.0614. The molecule has 0 unspecified atom stereocenters. The van der Waals surface area contributed by atoms with Gasteiger partial charge in [-0.15, -0.1) is 0 Å². The molecule has 3 amide bonds. The summed E-state index contributed by atoms with van der Waals surface area (Å²) in [6.07, 6.45) is 0. The molecule has 0 saturated heterocycles.